The molecule has 0 amide bonds. The van der Waals surface area contributed by atoms with E-state index in [-0.39, 0.29) is 5.95 Å². The van der Waals surface area contributed by atoms with Crippen molar-refractivity contribution in [3.8, 4) is 0 Å². The quantitative estimate of drug-likeness (QED) is 0.742. The molecular formula is C16H15ClN4. The van der Waals surface area contributed by atoms with Gasteiger partial charge in [0.25, 0.3) is 0 Å². The van der Waals surface area contributed by atoms with Gasteiger partial charge in [-0.1, -0.05) is 48.0 Å². The van der Waals surface area contributed by atoms with Crippen molar-refractivity contribution in [2.24, 2.45) is 0 Å². The number of hydrogen-bond donors (Lipinski definition) is 1. The summed E-state index contributed by atoms with van der Waals surface area (Å²) in [6.45, 7) is 2.81. The van der Waals surface area contributed by atoms with Crippen LogP contribution in [0.2, 0.25) is 5.15 Å². The van der Waals surface area contributed by atoms with Gasteiger partial charge in [0, 0.05) is 18.0 Å². The number of hydrogen-bond acceptors (Lipinski definition) is 4. The lowest BCUT2D eigenvalue weighted by Gasteiger charge is -2.24. The summed E-state index contributed by atoms with van der Waals surface area (Å²) in [5, 5.41) is 2.69. The molecule has 106 valence electrons. The Hall–Kier alpha value is -2.33. The molecule has 3 aromatic rings. The first-order chi connectivity index (χ1) is 10.2. The Labute approximate surface area is 128 Å². The van der Waals surface area contributed by atoms with Gasteiger partial charge in [-0.05, 0) is 18.4 Å². The van der Waals surface area contributed by atoms with Crippen LogP contribution in [0.4, 0.5) is 17.5 Å². The molecule has 4 nitrogen and oxygen atoms in total. The lowest BCUT2D eigenvalue weighted by atomic mass is 10.1. The molecule has 3 rings (SSSR count). The number of halogens is 1. The van der Waals surface area contributed by atoms with E-state index in [4.69, 9.17) is 17.3 Å². The van der Waals surface area contributed by atoms with E-state index in [1.54, 1.807) is 6.07 Å². The highest BCUT2D eigenvalue weighted by Crippen LogP contribution is 2.32. The first kappa shape index (κ1) is 13.6. The number of benzene rings is 2. The van der Waals surface area contributed by atoms with E-state index < -0.39 is 0 Å². The first-order valence-electron chi connectivity index (χ1n) is 6.74. The number of nitrogens with two attached hydrogens (primary N) is 1. The molecule has 2 N–H and O–H groups in total. The lowest BCUT2D eigenvalue weighted by molar-refractivity contribution is 0.985. The van der Waals surface area contributed by atoms with E-state index in [1.807, 2.05) is 18.2 Å². The van der Waals surface area contributed by atoms with Crippen LogP contribution in [-0.4, -0.2) is 16.5 Å². The van der Waals surface area contributed by atoms with Crippen LogP contribution in [0, 0.1) is 0 Å². The Bertz CT molecular complexity index is 763. The Morgan fingerprint density at radius 1 is 1.10 bits per heavy atom. The molecule has 0 unspecified atom stereocenters. The summed E-state index contributed by atoms with van der Waals surface area (Å²) in [5.74, 6) is 0.877. The number of nitrogens with zero attached hydrogens (tertiary/aromatic N) is 3. The summed E-state index contributed by atoms with van der Waals surface area (Å²) >= 11 is 6.00. The van der Waals surface area contributed by atoms with Gasteiger partial charge >= 0.3 is 0 Å². The van der Waals surface area contributed by atoms with Crippen LogP contribution in [-0.2, 0) is 0 Å². The van der Waals surface area contributed by atoms with Crippen molar-refractivity contribution in [3.63, 3.8) is 0 Å². The van der Waals surface area contributed by atoms with Crippen molar-refractivity contribution < 1.29 is 0 Å². The van der Waals surface area contributed by atoms with Gasteiger partial charge in [-0.25, -0.2) is 4.98 Å². The summed E-state index contributed by atoms with van der Waals surface area (Å²) in [6, 6.07) is 16.2. The third kappa shape index (κ3) is 2.62. The summed E-state index contributed by atoms with van der Waals surface area (Å²) in [6.07, 6.45) is 0. The largest absolute Gasteiger partial charge is 0.368 e. The summed E-state index contributed by atoms with van der Waals surface area (Å²) in [7, 11) is 0. The van der Waals surface area contributed by atoms with E-state index in [1.165, 1.54) is 5.39 Å². The van der Waals surface area contributed by atoms with Crippen LogP contribution in [0.3, 0.4) is 0 Å². The molecular weight excluding hydrogens is 284 g/mol. The molecule has 1 aromatic heterocycles. The maximum Gasteiger partial charge on any atom is 0.223 e. The molecule has 0 radical (unpaired) electrons. The number of fused-ring (bicyclic) bond motifs is 1. The standard InChI is InChI=1S/C16H15ClN4/c1-2-21(15-10-14(17)19-16(18)20-15)13-9-5-7-11-6-3-4-8-12(11)13/h3-10H,2H2,1H3,(H2,18,19,20). The third-order valence-corrected chi connectivity index (χ3v) is 3.54. The highest BCUT2D eigenvalue weighted by Gasteiger charge is 2.13. The minimum Gasteiger partial charge on any atom is -0.368 e. The SMILES string of the molecule is CCN(c1cc(Cl)nc(N)n1)c1cccc2ccccc12. The average molecular weight is 299 g/mol. The van der Waals surface area contributed by atoms with Crippen molar-refractivity contribution in [3.05, 3.63) is 53.7 Å². The van der Waals surface area contributed by atoms with Gasteiger partial charge in [0.05, 0.1) is 5.69 Å². The molecule has 0 atom stereocenters. The molecule has 0 aliphatic heterocycles. The molecule has 5 heteroatoms. The second kappa shape index (κ2) is 5.58. The number of aromatic nitrogens is 2. The van der Waals surface area contributed by atoms with Crippen molar-refractivity contribution >= 4 is 39.8 Å². The second-order valence-corrected chi connectivity index (χ2v) is 5.04. The predicted molar refractivity (Wildman–Crippen MR) is 88.1 cm³/mol. The van der Waals surface area contributed by atoms with Gasteiger partial charge in [-0.2, -0.15) is 4.98 Å². The highest BCUT2D eigenvalue weighted by atomic mass is 35.5. The maximum absolute atomic E-state index is 6.00. The molecule has 1 heterocycles. The van der Waals surface area contributed by atoms with Gasteiger partial charge in [0.15, 0.2) is 0 Å². The topological polar surface area (TPSA) is 55.0 Å². The summed E-state index contributed by atoms with van der Waals surface area (Å²) in [5.41, 5.74) is 6.78. The second-order valence-electron chi connectivity index (χ2n) is 4.65. The van der Waals surface area contributed by atoms with Gasteiger partial charge in [-0.3, -0.25) is 0 Å². The van der Waals surface area contributed by atoms with Crippen molar-refractivity contribution in [1.29, 1.82) is 0 Å². The van der Waals surface area contributed by atoms with Crippen LogP contribution in [0.25, 0.3) is 10.8 Å². The van der Waals surface area contributed by atoms with Crippen molar-refractivity contribution in [2.75, 3.05) is 17.2 Å². The Morgan fingerprint density at radius 3 is 2.62 bits per heavy atom. The highest BCUT2D eigenvalue weighted by molar-refractivity contribution is 6.29. The summed E-state index contributed by atoms with van der Waals surface area (Å²) < 4.78 is 0. The lowest BCUT2D eigenvalue weighted by Crippen LogP contribution is -2.18. The number of anilines is 3. The van der Waals surface area contributed by atoms with E-state index in [2.05, 4.69) is 46.1 Å². The van der Waals surface area contributed by atoms with Crippen LogP contribution in [0.15, 0.2) is 48.5 Å². The first-order valence-corrected chi connectivity index (χ1v) is 7.12. The molecule has 0 saturated carbocycles. The molecule has 0 fully saturated rings. The van der Waals surface area contributed by atoms with Gasteiger partial charge in [0.1, 0.15) is 11.0 Å². The Morgan fingerprint density at radius 2 is 1.86 bits per heavy atom. The molecule has 2 aromatic carbocycles. The van der Waals surface area contributed by atoms with Crippen LogP contribution >= 0.6 is 11.6 Å². The molecule has 0 saturated heterocycles. The Balaban J connectivity index is 2.18. The minimum atomic E-state index is 0.177. The fraction of sp³-hybridized carbons (Fsp3) is 0.125. The summed E-state index contributed by atoms with van der Waals surface area (Å²) in [4.78, 5) is 10.3. The van der Waals surface area contributed by atoms with Gasteiger partial charge in [-0.15, -0.1) is 0 Å². The smallest absolute Gasteiger partial charge is 0.223 e. The van der Waals surface area contributed by atoms with E-state index in [0.717, 1.165) is 17.6 Å². The average Bonchev–Trinajstić information content (AvgIpc) is 2.47. The number of rotatable bonds is 3. The van der Waals surface area contributed by atoms with Gasteiger partial charge < -0.3 is 10.6 Å². The Kier molecular flexibility index (Phi) is 3.62. The van der Waals surface area contributed by atoms with Crippen LogP contribution in [0.1, 0.15) is 6.92 Å². The molecule has 0 aliphatic carbocycles. The zero-order valence-electron chi connectivity index (χ0n) is 11.6. The van der Waals surface area contributed by atoms with Crippen molar-refractivity contribution in [1.82, 2.24) is 9.97 Å². The van der Waals surface area contributed by atoms with E-state index in [0.29, 0.717) is 11.0 Å². The monoisotopic (exact) mass is 298 g/mol. The molecule has 0 spiro atoms. The molecule has 0 aliphatic rings. The number of nitrogen functional groups attached to an aromatic ring is 1. The van der Waals surface area contributed by atoms with E-state index in [9.17, 15) is 0 Å². The normalized spacial score (nSPS) is 10.8. The maximum atomic E-state index is 6.00. The van der Waals surface area contributed by atoms with Crippen LogP contribution in [0.5, 0.6) is 0 Å². The fourth-order valence-electron chi connectivity index (χ4n) is 2.46. The molecule has 21 heavy (non-hydrogen) atoms. The zero-order valence-corrected chi connectivity index (χ0v) is 12.4. The molecule has 0 bridgehead atoms. The van der Waals surface area contributed by atoms with Gasteiger partial charge in [0.2, 0.25) is 5.95 Å². The third-order valence-electron chi connectivity index (χ3n) is 3.35. The predicted octanol–water partition coefficient (Wildman–Crippen LogP) is 4.02. The minimum absolute atomic E-state index is 0.177. The van der Waals surface area contributed by atoms with Crippen molar-refractivity contribution in [2.45, 2.75) is 6.92 Å². The van der Waals surface area contributed by atoms with E-state index >= 15 is 0 Å². The fourth-order valence-corrected chi connectivity index (χ4v) is 2.64. The zero-order chi connectivity index (χ0) is 14.8. The van der Waals surface area contributed by atoms with Crippen LogP contribution < -0.4 is 10.6 Å².